The first-order valence-corrected chi connectivity index (χ1v) is 10.5. The Bertz CT molecular complexity index is 390. The number of sulfone groups is 1. The van der Waals surface area contributed by atoms with Crippen LogP contribution in [0.15, 0.2) is 0 Å². The third kappa shape index (κ3) is 5.54. The molecule has 0 amide bonds. The Morgan fingerprint density at radius 1 is 1.05 bits per heavy atom. The summed E-state index contributed by atoms with van der Waals surface area (Å²) in [4.78, 5) is 0. The molecule has 1 fully saturated rings. The molecule has 0 spiro atoms. The summed E-state index contributed by atoms with van der Waals surface area (Å²) in [6.07, 6.45) is 4.48. The van der Waals surface area contributed by atoms with Gasteiger partial charge in [-0.2, -0.15) is 0 Å². The summed E-state index contributed by atoms with van der Waals surface area (Å²) in [7, 11) is -6.43. The minimum absolute atomic E-state index is 0.0342. The van der Waals surface area contributed by atoms with E-state index >= 15 is 0 Å². The Labute approximate surface area is 116 Å². The highest BCUT2D eigenvalue weighted by Gasteiger charge is 2.31. The highest BCUT2D eigenvalue weighted by atomic mass is 32.2. The molecule has 0 aliphatic heterocycles. The Morgan fingerprint density at radius 3 is 2.05 bits per heavy atom. The van der Waals surface area contributed by atoms with Gasteiger partial charge in [0.25, 0.3) is 0 Å². The fourth-order valence-electron chi connectivity index (χ4n) is 2.39. The topological polar surface area (TPSA) is 69.7 Å². The molecule has 0 aromatic heterocycles. The van der Waals surface area contributed by atoms with E-state index in [9.17, 15) is 13.0 Å². The molecule has 0 aromatic carbocycles. The zero-order valence-electron chi connectivity index (χ0n) is 11.8. The predicted octanol–water partition coefficient (Wildman–Crippen LogP) is 3.00. The van der Waals surface area contributed by atoms with Crippen molar-refractivity contribution < 1.29 is 22.0 Å². The van der Waals surface area contributed by atoms with Gasteiger partial charge in [-0.15, -0.1) is 0 Å². The summed E-state index contributed by atoms with van der Waals surface area (Å²) < 4.78 is 46.9. The van der Waals surface area contributed by atoms with E-state index in [1.165, 1.54) is 0 Å². The SMILES string of the molecule is CCOP(=O)(CCS(=O)(=O)C1CCCCC1)OCC. The molecule has 0 N–H and O–H groups in total. The molecule has 1 aliphatic rings. The summed E-state index contributed by atoms with van der Waals surface area (Å²) in [6, 6.07) is 0. The number of rotatable bonds is 8. The van der Waals surface area contributed by atoms with Crippen LogP contribution in [0, 0.1) is 0 Å². The summed E-state index contributed by atoms with van der Waals surface area (Å²) in [5.41, 5.74) is 0. The second kappa shape index (κ2) is 7.77. The van der Waals surface area contributed by atoms with Gasteiger partial charge >= 0.3 is 7.60 Å². The van der Waals surface area contributed by atoms with E-state index in [4.69, 9.17) is 9.05 Å². The van der Waals surface area contributed by atoms with E-state index in [1.54, 1.807) is 13.8 Å². The van der Waals surface area contributed by atoms with Crippen molar-refractivity contribution in [3.05, 3.63) is 0 Å². The third-order valence-corrected chi connectivity index (χ3v) is 8.00. The van der Waals surface area contributed by atoms with Crippen LogP contribution in [0.1, 0.15) is 46.0 Å². The predicted molar refractivity (Wildman–Crippen MR) is 76.4 cm³/mol. The molecule has 0 unspecified atom stereocenters. The van der Waals surface area contributed by atoms with Gasteiger partial charge in [0.2, 0.25) is 0 Å². The normalized spacial score (nSPS) is 18.6. The summed E-state index contributed by atoms with van der Waals surface area (Å²) >= 11 is 0. The van der Waals surface area contributed by atoms with Crippen molar-refractivity contribution in [3.8, 4) is 0 Å². The van der Waals surface area contributed by atoms with Crippen LogP contribution in [0.4, 0.5) is 0 Å². The van der Waals surface area contributed by atoms with Crippen molar-refractivity contribution in [3.63, 3.8) is 0 Å². The zero-order chi connectivity index (χ0) is 14.4. The molecule has 1 saturated carbocycles. The van der Waals surface area contributed by atoms with Crippen molar-refractivity contribution in [2.75, 3.05) is 25.1 Å². The van der Waals surface area contributed by atoms with Crippen molar-refractivity contribution >= 4 is 17.4 Å². The van der Waals surface area contributed by atoms with Crippen LogP contribution in [0.2, 0.25) is 0 Å². The number of hydrogen-bond donors (Lipinski definition) is 0. The van der Waals surface area contributed by atoms with E-state index in [1.807, 2.05) is 0 Å². The average Bonchev–Trinajstić information content (AvgIpc) is 2.38. The second-order valence-electron chi connectivity index (χ2n) is 4.80. The molecular formula is C12H25O5PS. The number of hydrogen-bond acceptors (Lipinski definition) is 5. The van der Waals surface area contributed by atoms with Crippen molar-refractivity contribution in [1.29, 1.82) is 0 Å². The molecule has 0 radical (unpaired) electrons. The van der Waals surface area contributed by atoms with Gasteiger partial charge in [0.1, 0.15) is 0 Å². The smallest absolute Gasteiger partial charge is 0.309 e. The van der Waals surface area contributed by atoms with Gasteiger partial charge in [0.05, 0.1) is 30.4 Å². The third-order valence-electron chi connectivity index (χ3n) is 3.36. The van der Waals surface area contributed by atoms with Crippen LogP contribution < -0.4 is 0 Å². The standard InChI is InChI=1S/C12H25O5PS/c1-3-16-18(13,17-4-2)10-11-19(14,15)12-8-6-5-7-9-12/h12H,3-11H2,1-2H3. The van der Waals surface area contributed by atoms with Crippen molar-refractivity contribution in [2.45, 2.75) is 51.2 Å². The molecule has 5 nitrogen and oxygen atoms in total. The summed E-state index contributed by atoms with van der Waals surface area (Å²) in [5, 5.41) is -0.266. The minimum Gasteiger partial charge on any atom is -0.309 e. The fraction of sp³-hybridized carbons (Fsp3) is 1.00. The van der Waals surface area contributed by atoms with Crippen molar-refractivity contribution in [2.24, 2.45) is 0 Å². The van der Waals surface area contributed by atoms with Gasteiger partial charge in [0, 0.05) is 0 Å². The van der Waals surface area contributed by atoms with Crippen LogP contribution in [-0.4, -0.2) is 38.8 Å². The van der Waals surface area contributed by atoms with Gasteiger partial charge in [-0.05, 0) is 26.7 Å². The van der Waals surface area contributed by atoms with E-state index in [2.05, 4.69) is 0 Å². The molecule has 0 heterocycles. The highest BCUT2D eigenvalue weighted by molar-refractivity contribution is 7.92. The Balaban J connectivity index is 2.59. The van der Waals surface area contributed by atoms with Crippen LogP contribution in [-0.2, 0) is 23.4 Å². The molecular weight excluding hydrogens is 287 g/mol. The summed E-state index contributed by atoms with van der Waals surface area (Å²) in [5.74, 6) is -0.102. The lowest BCUT2D eigenvalue weighted by atomic mass is 10.0. The molecule has 0 aromatic rings. The maximum Gasteiger partial charge on any atom is 0.331 e. The molecule has 7 heteroatoms. The maximum atomic E-state index is 12.2. The minimum atomic E-state index is -3.25. The summed E-state index contributed by atoms with van der Waals surface area (Å²) in [6.45, 7) is 3.98. The first kappa shape index (κ1) is 17.2. The first-order valence-electron chi connectivity index (χ1n) is 7.03. The molecule has 0 bridgehead atoms. The quantitative estimate of drug-likeness (QED) is 0.644. The molecule has 0 saturated heterocycles. The lowest BCUT2D eigenvalue weighted by molar-refractivity contribution is 0.221. The molecule has 1 aliphatic carbocycles. The Kier molecular flexibility index (Phi) is 7.01. The van der Waals surface area contributed by atoms with Crippen LogP contribution in [0.5, 0.6) is 0 Å². The molecule has 1 rings (SSSR count). The average molecular weight is 312 g/mol. The fourth-order valence-corrected chi connectivity index (χ4v) is 6.81. The van der Waals surface area contributed by atoms with Gasteiger partial charge in [0.15, 0.2) is 9.84 Å². The highest BCUT2D eigenvalue weighted by Crippen LogP contribution is 2.48. The molecule has 114 valence electrons. The van der Waals surface area contributed by atoms with Gasteiger partial charge in [-0.3, -0.25) is 4.57 Å². The van der Waals surface area contributed by atoms with Crippen LogP contribution >= 0.6 is 7.60 Å². The monoisotopic (exact) mass is 312 g/mol. The zero-order valence-corrected chi connectivity index (χ0v) is 13.5. The lowest BCUT2D eigenvalue weighted by Gasteiger charge is -2.23. The van der Waals surface area contributed by atoms with E-state index in [0.29, 0.717) is 0 Å². The van der Waals surface area contributed by atoms with Gasteiger partial charge in [-0.1, -0.05) is 19.3 Å². The van der Waals surface area contributed by atoms with Crippen LogP contribution in [0.25, 0.3) is 0 Å². The Hall–Kier alpha value is 0.100. The molecule has 19 heavy (non-hydrogen) atoms. The van der Waals surface area contributed by atoms with E-state index in [0.717, 1.165) is 32.1 Å². The first-order chi connectivity index (χ1) is 8.93. The maximum absolute atomic E-state index is 12.2. The van der Waals surface area contributed by atoms with Gasteiger partial charge in [-0.25, -0.2) is 8.42 Å². The van der Waals surface area contributed by atoms with E-state index < -0.39 is 17.4 Å². The van der Waals surface area contributed by atoms with E-state index in [-0.39, 0.29) is 30.4 Å². The lowest BCUT2D eigenvalue weighted by Crippen LogP contribution is -2.28. The largest absolute Gasteiger partial charge is 0.331 e. The molecule has 0 atom stereocenters. The second-order valence-corrected chi connectivity index (χ2v) is 9.38. The van der Waals surface area contributed by atoms with Crippen LogP contribution in [0.3, 0.4) is 0 Å². The van der Waals surface area contributed by atoms with Gasteiger partial charge < -0.3 is 9.05 Å². The van der Waals surface area contributed by atoms with Crippen molar-refractivity contribution in [1.82, 2.24) is 0 Å². The Morgan fingerprint density at radius 2 is 1.58 bits per heavy atom.